The first kappa shape index (κ1) is 62.6. The predicted octanol–water partition coefficient (Wildman–Crippen LogP) is 15.2. The summed E-state index contributed by atoms with van der Waals surface area (Å²) in [5, 5.41) is 2.86. The minimum atomic E-state index is -0.977. The molecule has 0 aromatic rings. The molecule has 1 atom stereocenters. The van der Waals surface area contributed by atoms with E-state index in [9.17, 15) is 19.2 Å². The number of nitrogens with zero attached hydrogens (tertiary/aromatic N) is 1. The fourth-order valence-electron chi connectivity index (χ4n) is 8.09. The average molecular weight is 955 g/mol. The molecule has 0 saturated heterocycles. The molecular formula is C58H102N2O8. The van der Waals surface area contributed by atoms with Gasteiger partial charge in [-0.1, -0.05) is 173 Å². The normalized spacial score (nSPS) is 13.9. The fraction of sp³-hybridized carbons (Fsp3) is 0.793. The van der Waals surface area contributed by atoms with E-state index in [-0.39, 0.29) is 38.0 Å². The highest BCUT2D eigenvalue weighted by molar-refractivity contribution is 5.81. The SMILES string of the molecule is CCCCC/C=C\C/C=C\CCCCCCCC(=O)OCC(COC(=O)CCCCCCC/C=C\C/C=C\CCCCC)OC(=O)C1(C(CCCCCCCC)OC(=O)NCCN(C)CC)CC1. The first-order chi connectivity index (χ1) is 33.2. The van der Waals surface area contributed by atoms with E-state index in [1.807, 2.05) is 7.05 Å². The Bertz CT molecular complexity index is 1310. The molecule has 0 radical (unpaired) electrons. The van der Waals surface area contributed by atoms with Crippen molar-refractivity contribution in [2.45, 2.75) is 252 Å². The number of nitrogens with one attached hydrogen (secondary N) is 1. The number of amides is 1. The molecule has 392 valence electrons. The summed E-state index contributed by atoms with van der Waals surface area (Å²) in [5.74, 6) is -1.21. The molecule has 0 aliphatic heterocycles. The molecule has 1 aliphatic rings. The molecule has 1 aliphatic carbocycles. The zero-order chi connectivity index (χ0) is 49.6. The van der Waals surface area contributed by atoms with Crippen LogP contribution in [0, 0.1) is 5.41 Å². The molecule has 0 aromatic heterocycles. The molecule has 1 amide bonds. The van der Waals surface area contributed by atoms with E-state index >= 15 is 0 Å². The van der Waals surface area contributed by atoms with Crippen LogP contribution in [0.1, 0.15) is 240 Å². The first-order valence-corrected chi connectivity index (χ1v) is 28.0. The summed E-state index contributed by atoms with van der Waals surface area (Å²) in [5.41, 5.74) is -0.977. The predicted molar refractivity (Wildman–Crippen MR) is 282 cm³/mol. The molecule has 0 spiro atoms. The van der Waals surface area contributed by atoms with Crippen LogP contribution in [0.2, 0.25) is 0 Å². The van der Waals surface area contributed by atoms with Gasteiger partial charge >= 0.3 is 24.0 Å². The van der Waals surface area contributed by atoms with Gasteiger partial charge in [0.1, 0.15) is 24.7 Å². The van der Waals surface area contributed by atoms with E-state index in [4.69, 9.17) is 18.9 Å². The standard InChI is InChI=1S/C58H102N2O8/c1-6-10-13-16-19-21-23-25-27-29-31-33-35-38-41-44-54(61)65-50-52(51-66-55(62)45-42-39-36-34-32-30-28-26-24-22-20-17-14-11-7-2)67-56(63)58(46-47-58)53(43-40-37-18-15-12-8-3)68-57(64)59-48-49-60(5)9-4/h19-22,25-28,52-53H,6-18,23-24,29-51H2,1-5H3,(H,59,64)/b21-19-,22-20-,27-25-,28-26-. The van der Waals surface area contributed by atoms with Crippen molar-refractivity contribution in [1.82, 2.24) is 10.2 Å². The Morgan fingerprint density at radius 2 is 0.941 bits per heavy atom. The largest absolute Gasteiger partial charge is 0.462 e. The Morgan fingerprint density at radius 3 is 1.40 bits per heavy atom. The number of alkyl carbamates (subject to hydrolysis) is 1. The minimum absolute atomic E-state index is 0.202. The molecule has 1 unspecified atom stereocenters. The summed E-state index contributed by atoms with van der Waals surface area (Å²) in [4.78, 5) is 55.1. The van der Waals surface area contributed by atoms with Gasteiger partial charge in [0.05, 0.1) is 0 Å². The van der Waals surface area contributed by atoms with E-state index in [1.165, 1.54) is 57.8 Å². The summed E-state index contributed by atoms with van der Waals surface area (Å²) in [7, 11) is 1.99. The maximum absolute atomic E-state index is 14.1. The van der Waals surface area contributed by atoms with Crippen molar-refractivity contribution in [2.24, 2.45) is 5.41 Å². The van der Waals surface area contributed by atoms with Crippen LogP contribution in [0.5, 0.6) is 0 Å². The Hall–Kier alpha value is -3.40. The molecular weight excluding hydrogens is 853 g/mol. The lowest BCUT2D eigenvalue weighted by atomic mass is 9.93. The molecule has 0 heterocycles. The number of hydrogen-bond donors (Lipinski definition) is 1. The second-order valence-corrected chi connectivity index (χ2v) is 19.3. The van der Waals surface area contributed by atoms with Crippen LogP contribution in [-0.4, -0.2) is 81.0 Å². The number of esters is 3. The summed E-state index contributed by atoms with van der Waals surface area (Å²) in [6.45, 7) is 10.3. The lowest BCUT2D eigenvalue weighted by molar-refractivity contribution is -0.174. The number of likely N-dealkylation sites (N-methyl/N-ethyl adjacent to an activating group) is 1. The van der Waals surface area contributed by atoms with E-state index in [2.05, 4.69) is 86.5 Å². The van der Waals surface area contributed by atoms with Crippen LogP contribution < -0.4 is 5.32 Å². The van der Waals surface area contributed by atoms with Crippen molar-refractivity contribution >= 4 is 24.0 Å². The van der Waals surface area contributed by atoms with Crippen LogP contribution in [0.15, 0.2) is 48.6 Å². The quantitative estimate of drug-likeness (QED) is 0.0275. The van der Waals surface area contributed by atoms with Crippen molar-refractivity contribution in [2.75, 3.05) is 39.9 Å². The topological polar surface area (TPSA) is 120 Å². The summed E-state index contributed by atoms with van der Waals surface area (Å²) < 4.78 is 23.4. The molecule has 1 rings (SSSR count). The third kappa shape index (κ3) is 35.7. The smallest absolute Gasteiger partial charge is 0.407 e. The van der Waals surface area contributed by atoms with E-state index < -0.39 is 29.7 Å². The number of allylic oxidation sites excluding steroid dienone is 8. The van der Waals surface area contributed by atoms with Crippen LogP contribution in [-0.2, 0) is 33.3 Å². The van der Waals surface area contributed by atoms with Crippen LogP contribution in [0.3, 0.4) is 0 Å². The number of unbranched alkanes of at least 4 members (excludes halogenated alkanes) is 21. The lowest BCUT2D eigenvalue weighted by Crippen LogP contribution is -2.42. The molecule has 0 aromatic carbocycles. The monoisotopic (exact) mass is 955 g/mol. The van der Waals surface area contributed by atoms with Gasteiger partial charge < -0.3 is 29.2 Å². The molecule has 1 fully saturated rings. The van der Waals surface area contributed by atoms with Crippen molar-refractivity contribution in [1.29, 1.82) is 0 Å². The lowest BCUT2D eigenvalue weighted by Gasteiger charge is -2.28. The Kier molecular flexibility index (Phi) is 41.2. The molecule has 1 N–H and O–H groups in total. The molecule has 10 nitrogen and oxygen atoms in total. The average Bonchev–Trinajstić information content (AvgIpc) is 4.15. The fourth-order valence-corrected chi connectivity index (χ4v) is 8.09. The van der Waals surface area contributed by atoms with Crippen molar-refractivity contribution in [3.8, 4) is 0 Å². The number of carbonyl (C=O) groups excluding carboxylic acids is 4. The van der Waals surface area contributed by atoms with Gasteiger partial charge in [0, 0.05) is 25.9 Å². The van der Waals surface area contributed by atoms with Crippen molar-refractivity contribution in [3.05, 3.63) is 48.6 Å². The van der Waals surface area contributed by atoms with E-state index in [1.54, 1.807) is 0 Å². The van der Waals surface area contributed by atoms with Gasteiger partial charge in [-0.25, -0.2) is 4.79 Å². The van der Waals surface area contributed by atoms with Crippen molar-refractivity contribution in [3.63, 3.8) is 0 Å². The summed E-state index contributed by atoms with van der Waals surface area (Å²) >= 11 is 0. The molecule has 68 heavy (non-hydrogen) atoms. The zero-order valence-electron chi connectivity index (χ0n) is 44.4. The number of hydrogen-bond acceptors (Lipinski definition) is 9. The third-order valence-corrected chi connectivity index (χ3v) is 13.0. The molecule has 10 heteroatoms. The van der Waals surface area contributed by atoms with Crippen molar-refractivity contribution < 1.29 is 38.1 Å². The van der Waals surface area contributed by atoms with Crippen LogP contribution in [0.25, 0.3) is 0 Å². The highest BCUT2D eigenvalue weighted by Gasteiger charge is 2.59. The maximum atomic E-state index is 14.1. The van der Waals surface area contributed by atoms with Crippen LogP contribution in [0.4, 0.5) is 4.79 Å². The van der Waals surface area contributed by atoms with E-state index in [0.29, 0.717) is 32.4 Å². The molecule has 0 bridgehead atoms. The summed E-state index contributed by atoms with van der Waals surface area (Å²) in [6.07, 6.45) is 48.7. The second-order valence-electron chi connectivity index (χ2n) is 19.3. The van der Waals surface area contributed by atoms with Gasteiger partial charge in [-0.05, 0) is 116 Å². The Balaban J connectivity index is 2.72. The highest BCUT2D eigenvalue weighted by Crippen LogP contribution is 2.52. The zero-order valence-corrected chi connectivity index (χ0v) is 44.4. The second kappa shape index (κ2) is 44.8. The van der Waals surface area contributed by atoms with Gasteiger partial charge in [-0.2, -0.15) is 0 Å². The molecule has 1 saturated carbocycles. The number of carbonyl (C=O) groups is 4. The minimum Gasteiger partial charge on any atom is -0.462 e. The number of rotatable bonds is 47. The van der Waals surface area contributed by atoms with Gasteiger partial charge in [0.15, 0.2) is 6.10 Å². The Labute approximate surface area is 416 Å². The van der Waals surface area contributed by atoms with Gasteiger partial charge in [0.25, 0.3) is 0 Å². The highest BCUT2D eigenvalue weighted by atomic mass is 16.6. The first-order valence-electron chi connectivity index (χ1n) is 28.0. The van der Waals surface area contributed by atoms with Gasteiger partial charge in [0.2, 0.25) is 0 Å². The van der Waals surface area contributed by atoms with Crippen LogP contribution >= 0.6 is 0 Å². The number of ether oxygens (including phenoxy) is 4. The van der Waals surface area contributed by atoms with E-state index in [0.717, 1.165) is 129 Å². The Morgan fingerprint density at radius 1 is 0.529 bits per heavy atom. The maximum Gasteiger partial charge on any atom is 0.407 e. The third-order valence-electron chi connectivity index (χ3n) is 13.0. The summed E-state index contributed by atoms with van der Waals surface area (Å²) in [6, 6.07) is 0. The van der Waals surface area contributed by atoms with Gasteiger partial charge in [-0.3, -0.25) is 14.4 Å². The van der Waals surface area contributed by atoms with Gasteiger partial charge in [-0.15, -0.1) is 0 Å².